The second-order valence-electron chi connectivity index (χ2n) is 6.46. The fourth-order valence-corrected chi connectivity index (χ4v) is 2.23. The predicted octanol–water partition coefficient (Wildman–Crippen LogP) is 4.62. The quantitative estimate of drug-likeness (QED) is 0.845. The van der Waals surface area contributed by atoms with Gasteiger partial charge in [-0.15, -0.1) is 0 Å². The molecule has 2 atom stereocenters. The van der Waals surface area contributed by atoms with Crippen LogP contribution in [0.3, 0.4) is 0 Å². The summed E-state index contributed by atoms with van der Waals surface area (Å²) in [7, 11) is 0. The van der Waals surface area contributed by atoms with Crippen molar-refractivity contribution in [1.82, 2.24) is 0 Å². The number of benzene rings is 1. The Morgan fingerprint density at radius 1 is 1.28 bits per heavy atom. The molecule has 0 saturated heterocycles. The molecule has 0 bridgehead atoms. The van der Waals surface area contributed by atoms with Gasteiger partial charge < -0.3 is 5.11 Å². The molecule has 0 fully saturated rings. The van der Waals surface area contributed by atoms with Gasteiger partial charge in [0.05, 0.1) is 6.10 Å². The molecule has 2 unspecified atom stereocenters. The van der Waals surface area contributed by atoms with Gasteiger partial charge in [-0.25, -0.2) is 0 Å². The van der Waals surface area contributed by atoms with Crippen molar-refractivity contribution in [2.45, 2.75) is 53.6 Å². The number of aliphatic hydroxyl groups excluding tert-OH is 1. The van der Waals surface area contributed by atoms with E-state index in [1.165, 1.54) is 0 Å². The predicted molar refractivity (Wildman–Crippen MR) is 79.1 cm³/mol. The minimum absolute atomic E-state index is 0.234. The zero-order valence-electron chi connectivity index (χ0n) is 12.1. The Balaban J connectivity index is 2.62. The molecule has 2 heteroatoms. The highest BCUT2D eigenvalue weighted by Gasteiger charge is 2.23. The highest BCUT2D eigenvalue weighted by atomic mass is 35.5. The van der Waals surface area contributed by atoms with Crippen molar-refractivity contribution in [3.05, 3.63) is 34.3 Å². The first-order valence-corrected chi connectivity index (χ1v) is 7.01. The van der Waals surface area contributed by atoms with E-state index in [4.69, 9.17) is 11.6 Å². The molecular formula is C16H25ClO. The van der Waals surface area contributed by atoms with Crippen LogP contribution < -0.4 is 0 Å². The van der Waals surface area contributed by atoms with Gasteiger partial charge in [0.2, 0.25) is 0 Å². The van der Waals surface area contributed by atoms with Crippen LogP contribution >= 0.6 is 11.6 Å². The van der Waals surface area contributed by atoms with E-state index in [-0.39, 0.29) is 11.5 Å². The normalized spacial score (nSPS) is 15.5. The van der Waals surface area contributed by atoms with E-state index in [1.807, 2.05) is 25.1 Å². The van der Waals surface area contributed by atoms with E-state index in [0.717, 1.165) is 22.6 Å². The van der Waals surface area contributed by atoms with Crippen LogP contribution in [0, 0.1) is 18.3 Å². The standard InChI is InChI=1S/C16H25ClO/c1-11-6-7-13(15(17)8-11)10-14(18)9-12(2)16(3,4)5/h6-8,12,14,18H,9-10H2,1-5H3. The highest BCUT2D eigenvalue weighted by molar-refractivity contribution is 6.31. The Bertz CT molecular complexity index is 393. The van der Waals surface area contributed by atoms with Gasteiger partial charge in [0.15, 0.2) is 0 Å². The number of rotatable bonds is 4. The zero-order chi connectivity index (χ0) is 13.9. The molecule has 0 heterocycles. The molecule has 0 saturated carbocycles. The van der Waals surface area contributed by atoms with E-state index >= 15 is 0 Å². The SMILES string of the molecule is Cc1ccc(CC(O)CC(C)C(C)(C)C)c(Cl)c1. The summed E-state index contributed by atoms with van der Waals surface area (Å²) in [5.41, 5.74) is 2.43. The third-order valence-corrected chi connectivity index (χ3v) is 4.12. The molecule has 102 valence electrons. The maximum absolute atomic E-state index is 10.2. The van der Waals surface area contributed by atoms with Crippen LogP contribution in [0.2, 0.25) is 5.02 Å². The summed E-state index contributed by atoms with van der Waals surface area (Å²) in [6.45, 7) is 10.9. The monoisotopic (exact) mass is 268 g/mol. The van der Waals surface area contributed by atoms with Crippen molar-refractivity contribution in [1.29, 1.82) is 0 Å². The average molecular weight is 269 g/mol. The maximum Gasteiger partial charge on any atom is 0.0583 e. The molecule has 0 aliphatic rings. The lowest BCUT2D eigenvalue weighted by atomic mass is 9.78. The summed E-state index contributed by atoms with van der Waals surface area (Å²) in [5, 5.41) is 10.9. The summed E-state index contributed by atoms with van der Waals surface area (Å²) >= 11 is 6.19. The number of halogens is 1. The van der Waals surface area contributed by atoms with Crippen molar-refractivity contribution >= 4 is 11.6 Å². The molecule has 1 nitrogen and oxygen atoms in total. The maximum atomic E-state index is 10.2. The second kappa shape index (κ2) is 6.08. The van der Waals surface area contributed by atoms with E-state index in [2.05, 4.69) is 27.7 Å². The van der Waals surface area contributed by atoms with Crippen LogP contribution in [-0.4, -0.2) is 11.2 Å². The number of aliphatic hydroxyl groups is 1. The summed E-state index contributed by atoms with van der Waals surface area (Å²) in [6.07, 6.45) is 1.13. The first-order valence-electron chi connectivity index (χ1n) is 6.63. The van der Waals surface area contributed by atoms with Gasteiger partial charge in [0, 0.05) is 5.02 Å². The van der Waals surface area contributed by atoms with Gasteiger partial charge >= 0.3 is 0 Å². The minimum Gasteiger partial charge on any atom is -0.393 e. The lowest BCUT2D eigenvalue weighted by molar-refractivity contribution is 0.110. The number of hydrogen-bond donors (Lipinski definition) is 1. The molecule has 1 N–H and O–H groups in total. The molecular weight excluding hydrogens is 244 g/mol. The third-order valence-electron chi connectivity index (χ3n) is 3.77. The molecule has 1 aromatic rings. The fourth-order valence-electron chi connectivity index (χ4n) is 1.92. The topological polar surface area (TPSA) is 20.2 Å². The Hall–Kier alpha value is -0.530. The fraction of sp³-hybridized carbons (Fsp3) is 0.625. The third kappa shape index (κ3) is 4.62. The summed E-state index contributed by atoms with van der Waals surface area (Å²) in [4.78, 5) is 0. The molecule has 0 radical (unpaired) electrons. The Labute approximate surface area is 116 Å². The van der Waals surface area contributed by atoms with Crippen LogP contribution in [0.25, 0.3) is 0 Å². The van der Waals surface area contributed by atoms with Crippen molar-refractivity contribution in [2.75, 3.05) is 0 Å². The second-order valence-corrected chi connectivity index (χ2v) is 6.86. The molecule has 1 aromatic carbocycles. The van der Waals surface area contributed by atoms with E-state index in [9.17, 15) is 5.11 Å². The Morgan fingerprint density at radius 2 is 1.89 bits per heavy atom. The van der Waals surface area contributed by atoms with Crippen LogP contribution in [0.1, 0.15) is 45.2 Å². The molecule has 0 aromatic heterocycles. The number of hydrogen-bond acceptors (Lipinski definition) is 1. The first-order chi connectivity index (χ1) is 8.20. The van der Waals surface area contributed by atoms with Gasteiger partial charge in [-0.3, -0.25) is 0 Å². The first kappa shape index (κ1) is 15.5. The zero-order valence-corrected chi connectivity index (χ0v) is 12.9. The van der Waals surface area contributed by atoms with E-state index < -0.39 is 0 Å². The molecule has 1 rings (SSSR count). The lowest BCUT2D eigenvalue weighted by Crippen LogP contribution is -2.24. The summed E-state index contributed by atoms with van der Waals surface area (Å²) < 4.78 is 0. The van der Waals surface area contributed by atoms with Gasteiger partial charge in [0.25, 0.3) is 0 Å². The molecule has 0 amide bonds. The largest absolute Gasteiger partial charge is 0.393 e. The average Bonchev–Trinajstić information content (AvgIpc) is 2.20. The summed E-state index contributed by atoms with van der Waals surface area (Å²) in [5.74, 6) is 0.483. The van der Waals surface area contributed by atoms with Gasteiger partial charge in [-0.05, 0) is 48.3 Å². The highest BCUT2D eigenvalue weighted by Crippen LogP contribution is 2.30. The van der Waals surface area contributed by atoms with Crippen molar-refractivity contribution in [3.63, 3.8) is 0 Å². The Kier molecular flexibility index (Phi) is 5.24. The molecule has 18 heavy (non-hydrogen) atoms. The molecule has 0 aliphatic carbocycles. The van der Waals surface area contributed by atoms with Crippen molar-refractivity contribution < 1.29 is 5.11 Å². The lowest BCUT2D eigenvalue weighted by Gasteiger charge is -2.29. The van der Waals surface area contributed by atoms with Crippen molar-refractivity contribution in [2.24, 2.45) is 11.3 Å². The van der Waals surface area contributed by atoms with Gasteiger partial charge in [0.1, 0.15) is 0 Å². The van der Waals surface area contributed by atoms with Crippen LogP contribution in [0.4, 0.5) is 0 Å². The van der Waals surface area contributed by atoms with Crippen LogP contribution in [0.15, 0.2) is 18.2 Å². The minimum atomic E-state index is -0.320. The Morgan fingerprint density at radius 3 is 2.39 bits per heavy atom. The van der Waals surface area contributed by atoms with Crippen LogP contribution in [-0.2, 0) is 6.42 Å². The number of aryl methyl sites for hydroxylation is 1. The van der Waals surface area contributed by atoms with Gasteiger partial charge in [-0.1, -0.05) is 51.4 Å². The molecule has 0 spiro atoms. The van der Waals surface area contributed by atoms with Crippen LogP contribution in [0.5, 0.6) is 0 Å². The van der Waals surface area contributed by atoms with Crippen molar-refractivity contribution in [3.8, 4) is 0 Å². The van der Waals surface area contributed by atoms with Gasteiger partial charge in [-0.2, -0.15) is 0 Å². The van der Waals surface area contributed by atoms with E-state index in [1.54, 1.807) is 0 Å². The summed E-state index contributed by atoms with van der Waals surface area (Å²) in [6, 6.07) is 6.01. The van der Waals surface area contributed by atoms with E-state index in [0.29, 0.717) is 12.3 Å². The smallest absolute Gasteiger partial charge is 0.0583 e. The molecule has 0 aliphatic heterocycles.